The summed E-state index contributed by atoms with van der Waals surface area (Å²) in [6.45, 7) is 10.1. The van der Waals surface area contributed by atoms with E-state index in [-0.39, 0.29) is 30.0 Å². The van der Waals surface area contributed by atoms with Crippen LogP contribution in [0.15, 0.2) is 24.3 Å². The fourth-order valence-electron chi connectivity index (χ4n) is 3.44. The van der Waals surface area contributed by atoms with E-state index in [0.717, 1.165) is 37.9 Å². The van der Waals surface area contributed by atoms with Crippen LogP contribution in [0.5, 0.6) is 0 Å². The molecule has 134 valence electrons. The molecule has 1 heterocycles. The number of carbonyl (C=O) groups excluding carboxylic acids is 1. The minimum absolute atomic E-state index is 0.000118. The molecule has 2 N–H and O–H groups in total. The highest BCUT2D eigenvalue weighted by molar-refractivity contribution is 5.81. The third kappa shape index (κ3) is 4.58. The van der Waals surface area contributed by atoms with Gasteiger partial charge in [-0.15, -0.1) is 0 Å². The van der Waals surface area contributed by atoms with E-state index in [2.05, 4.69) is 48.3 Å². The van der Waals surface area contributed by atoms with E-state index in [1.165, 1.54) is 5.56 Å². The fourth-order valence-corrected chi connectivity index (χ4v) is 3.44. The summed E-state index contributed by atoms with van der Waals surface area (Å²) in [5.74, 6) is 0.0595. The largest absolute Gasteiger partial charge is 0.396 e. The average molecular weight is 332 g/mol. The maximum absolute atomic E-state index is 12.6. The molecule has 0 aromatic heterocycles. The molecule has 1 amide bonds. The Hall–Kier alpha value is -1.39. The Morgan fingerprint density at radius 1 is 1.33 bits per heavy atom. The van der Waals surface area contributed by atoms with Crippen LogP contribution < -0.4 is 5.32 Å². The van der Waals surface area contributed by atoms with Crippen molar-refractivity contribution in [3.8, 4) is 0 Å². The molecular formula is C20H32N2O2. The molecule has 3 atom stereocenters. The zero-order chi connectivity index (χ0) is 17.7. The third-order valence-electron chi connectivity index (χ3n) is 5.37. The van der Waals surface area contributed by atoms with Crippen LogP contribution in [-0.2, 0) is 11.2 Å². The molecule has 0 saturated carbocycles. The van der Waals surface area contributed by atoms with Crippen molar-refractivity contribution in [1.29, 1.82) is 0 Å². The lowest BCUT2D eigenvalue weighted by Gasteiger charge is -2.41. The molecule has 1 aliphatic rings. The fraction of sp³-hybridized carbons (Fsp3) is 0.650. The van der Waals surface area contributed by atoms with Gasteiger partial charge in [0.1, 0.15) is 0 Å². The lowest BCUT2D eigenvalue weighted by molar-refractivity contribution is -0.128. The van der Waals surface area contributed by atoms with Crippen LogP contribution in [0.2, 0.25) is 0 Å². The van der Waals surface area contributed by atoms with Gasteiger partial charge < -0.3 is 10.4 Å². The topological polar surface area (TPSA) is 52.6 Å². The number of aliphatic hydroxyl groups excluding tert-OH is 1. The van der Waals surface area contributed by atoms with E-state index in [1.54, 1.807) is 0 Å². The highest BCUT2D eigenvalue weighted by Crippen LogP contribution is 2.29. The number of nitrogens with one attached hydrogen (secondary N) is 1. The summed E-state index contributed by atoms with van der Waals surface area (Å²) in [5, 5.41) is 12.7. The van der Waals surface area contributed by atoms with Gasteiger partial charge >= 0.3 is 0 Å². The van der Waals surface area contributed by atoms with Gasteiger partial charge in [-0.25, -0.2) is 0 Å². The molecule has 2 rings (SSSR count). The molecule has 0 radical (unpaired) electrons. The Kier molecular flexibility index (Phi) is 6.41. The minimum atomic E-state index is -0.173. The lowest BCUT2D eigenvalue weighted by Crippen LogP contribution is -2.52. The van der Waals surface area contributed by atoms with E-state index in [9.17, 15) is 9.90 Å². The van der Waals surface area contributed by atoms with Gasteiger partial charge in [0.2, 0.25) is 5.91 Å². The molecule has 1 aromatic carbocycles. The SMILES string of the molecule is CCc1ccc(C(C)NC(=O)C(C)N2CCCC(C)(CO)C2)cc1. The number of piperidine rings is 1. The molecule has 24 heavy (non-hydrogen) atoms. The molecule has 0 bridgehead atoms. The van der Waals surface area contributed by atoms with Crippen molar-refractivity contribution in [3.05, 3.63) is 35.4 Å². The van der Waals surface area contributed by atoms with E-state index < -0.39 is 0 Å². The Balaban J connectivity index is 1.95. The van der Waals surface area contributed by atoms with Crippen LogP contribution in [0.4, 0.5) is 0 Å². The van der Waals surface area contributed by atoms with E-state index >= 15 is 0 Å². The highest BCUT2D eigenvalue weighted by Gasteiger charge is 2.34. The van der Waals surface area contributed by atoms with E-state index in [1.807, 2.05) is 13.8 Å². The van der Waals surface area contributed by atoms with Crippen molar-refractivity contribution in [2.75, 3.05) is 19.7 Å². The van der Waals surface area contributed by atoms with Crippen molar-refractivity contribution in [2.45, 2.75) is 59.0 Å². The maximum atomic E-state index is 12.6. The lowest BCUT2D eigenvalue weighted by atomic mass is 9.82. The zero-order valence-corrected chi connectivity index (χ0v) is 15.5. The standard InChI is InChI=1S/C20H32N2O2/c1-5-17-7-9-18(10-8-17)15(2)21-19(24)16(3)22-12-6-11-20(4,13-22)14-23/h7-10,15-16,23H,5-6,11-14H2,1-4H3,(H,21,24). The summed E-state index contributed by atoms with van der Waals surface area (Å²) in [4.78, 5) is 14.8. The van der Waals surface area contributed by atoms with Gasteiger partial charge in [-0.1, -0.05) is 38.1 Å². The predicted molar refractivity (Wildman–Crippen MR) is 97.8 cm³/mol. The molecule has 4 heteroatoms. The minimum Gasteiger partial charge on any atom is -0.396 e. The van der Waals surface area contributed by atoms with E-state index in [4.69, 9.17) is 0 Å². The second-order valence-corrected chi connectivity index (χ2v) is 7.54. The van der Waals surface area contributed by atoms with Gasteiger partial charge in [-0.05, 0) is 50.8 Å². The quantitative estimate of drug-likeness (QED) is 0.842. The van der Waals surface area contributed by atoms with Gasteiger partial charge in [-0.2, -0.15) is 0 Å². The molecule has 3 unspecified atom stereocenters. The van der Waals surface area contributed by atoms with Crippen LogP contribution in [0.3, 0.4) is 0 Å². The van der Waals surface area contributed by atoms with Crippen LogP contribution in [0.1, 0.15) is 57.7 Å². The first kappa shape index (κ1) is 18.9. The van der Waals surface area contributed by atoms with Gasteiger partial charge in [0.15, 0.2) is 0 Å². The van der Waals surface area contributed by atoms with Crippen molar-refractivity contribution in [2.24, 2.45) is 5.41 Å². The molecule has 4 nitrogen and oxygen atoms in total. The summed E-state index contributed by atoms with van der Waals surface area (Å²) in [5.41, 5.74) is 2.35. The van der Waals surface area contributed by atoms with Gasteiger partial charge in [0, 0.05) is 18.6 Å². The Morgan fingerprint density at radius 3 is 2.58 bits per heavy atom. The summed E-state index contributed by atoms with van der Waals surface area (Å²) in [6, 6.07) is 8.27. The third-order valence-corrected chi connectivity index (χ3v) is 5.37. The van der Waals surface area contributed by atoms with E-state index in [0.29, 0.717) is 0 Å². The van der Waals surface area contributed by atoms with Gasteiger partial charge in [0.05, 0.1) is 12.1 Å². The second-order valence-electron chi connectivity index (χ2n) is 7.54. The Bertz CT molecular complexity index is 543. The molecule has 1 aliphatic heterocycles. The predicted octanol–water partition coefficient (Wildman–Crippen LogP) is 2.91. The number of likely N-dealkylation sites (tertiary alicyclic amines) is 1. The number of nitrogens with zero attached hydrogens (tertiary/aromatic N) is 1. The van der Waals surface area contributed by atoms with Crippen LogP contribution in [0.25, 0.3) is 0 Å². The normalized spacial score (nSPS) is 24.4. The molecule has 1 fully saturated rings. The summed E-state index contributed by atoms with van der Waals surface area (Å²) < 4.78 is 0. The number of aliphatic hydroxyl groups is 1. The zero-order valence-electron chi connectivity index (χ0n) is 15.5. The highest BCUT2D eigenvalue weighted by atomic mass is 16.3. The summed E-state index contributed by atoms with van der Waals surface area (Å²) in [6.07, 6.45) is 3.08. The van der Waals surface area contributed by atoms with Crippen LogP contribution in [0, 0.1) is 5.41 Å². The van der Waals surface area contributed by atoms with Gasteiger partial charge in [0.25, 0.3) is 0 Å². The van der Waals surface area contributed by atoms with Crippen LogP contribution in [-0.4, -0.2) is 41.7 Å². The maximum Gasteiger partial charge on any atom is 0.237 e. The number of aryl methyl sites for hydroxylation is 1. The molecular weight excluding hydrogens is 300 g/mol. The smallest absolute Gasteiger partial charge is 0.237 e. The molecule has 1 aromatic rings. The molecule has 0 spiro atoms. The number of benzene rings is 1. The van der Waals surface area contributed by atoms with Crippen molar-refractivity contribution < 1.29 is 9.90 Å². The Morgan fingerprint density at radius 2 is 2.00 bits per heavy atom. The molecule has 1 saturated heterocycles. The first-order chi connectivity index (χ1) is 11.4. The monoisotopic (exact) mass is 332 g/mol. The van der Waals surface area contributed by atoms with Crippen LogP contribution >= 0.6 is 0 Å². The molecule has 0 aliphatic carbocycles. The average Bonchev–Trinajstić information content (AvgIpc) is 2.61. The first-order valence-corrected chi connectivity index (χ1v) is 9.12. The van der Waals surface area contributed by atoms with Crippen molar-refractivity contribution in [3.63, 3.8) is 0 Å². The number of hydrogen-bond acceptors (Lipinski definition) is 3. The van der Waals surface area contributed by atoms with Crippen molar-refractivity contribution >= 4 is 5.91 Å². The van der Waals surface area contributed by atoms with Gasteiger partial charge in [-0.3, -0.25) is 9.69 Å². The number of carbonyl (C=O) groups is 1. The summed E-state index contributed by atoms with van der Waals surface area (Å²) >= 11 is 0. The number of amides is 1. The number of rotatable bonds is 6. The second kappa shape index (κ2) is 8.13. The number of hydrogen-bond donors (Lipinski definition) is 2. The first-order valence-electron chi connectivity index (χ1n) is 9.12. The Labute approximate surface area is 146 Å². The van der Waals surface area contributed by atoms with Crippen molar-refractivity contribution in [1.82, 2.24) is 10.2 Å². The summed E-state index contributed by atoms with van der Waals surface area (Å²) in [7, 11) is 0.